The minimum Gasteiger partial charge on any atom is -0.478 e. The summed E-state index contributed by atoms with van der Waals surface area (Å²) < 4.78 is 5.14. The highest BCUT2D eigenvalue weighted by atomic mass is 28.3. The molecule has 2 aliphatic rings. The van der Waals surface area contributed by atoms with E-state index in [4.69, 9.17) is 4.74 Å². The second-order valence-electron chi connectivity index (χ2n) is 11.0. The average Bonchev–Trinajstić information content (AvgIpc) is 3.17. The molecule has 0 bridgehead atoms. The standard InChI is InChI=1S/C28H26O11Si2/c1-40(2,14-5-7-17(22(29)30)19(11-14)24(33)34)15-9-10-28(21(13-15)26(37)39-27(28)38)41(3,4)16-6-8-18(23(31)32)20(12-16)25(35)36/h5-13,21H,1-4H3,(H,29,30)(H,31,32)(H,33,34)(H,35,36). The van der Waals surface area contributed by atoms with Crippen LogP contribution in [0.15, 0.2) is 59.8 Å². The first-order chi connectivity index (χ1) is 19.0. The van der Waals surface area contributed by atoms with E-state index in [2.05, 4.69) is 0 Å². The van der Waals surface area contributed by atoms with Gasteiger partial charge < -0.3 is 25.2 Å². The second-order valence-corrected chi connectivity index (χ2v) is 20.1. The summed E-state index contributed by atoms with van der Waals surface area (Å²) in [6.07, 6.45) is 4.95. The zero-order chi connectivity index (χ0) is 30.7. The third kappa shape index (κ3) is 4.42. The number of esters is 2. The lowest BCUT2D eigenvalue weighted by atomic mass is 9.89. The van der Waals surface area contributed by atoms with Crippen LogP contribution in [0.3, 0.4) is 0 Å². The van der Waals surface area contributed by atoms with Gasteiger partial charge in [-0.1, -0.05) is 72.1 Å². The van der Waals surface area contributed by atoms with Crippen LogP contribution in [0, 0.1) is 5.92 Å². The average molecular weight is 595 g/mol. The molecular formula is C28H26O11Si2. The van der Waals surface area contributed by atoms with Crippen LogP contribution in [0.5, 0.6) is 0 Å². The fraction of sp³-hybridized carbons (Fsp3) is 0.214. The first-order valence-corrected chi connectivity index (χ1v) is 18.4. The third-order valence-electron chi connectivity index (χ3n) is 8.31. The number of hydrogen-bond acceptors (Lipinski definition) is 7. The predicted octanol–water partition coefficient (Wildman–Crippen LogP) is 2.49. The van der Waals surface area contributed by atoms with Crippen LogP contribution in [-0.4, -0.2) is 72.4 Å². The fourth-order valence-corrected chi connectivity index (χ4v) is 11.6. The van der Waals surface area contributed by atoms with Crippen molar-refractivity contribution in [1.82, 2.24) is 0 Å². The molecule has 2 aromatic rings. The number of rotatable bonds is 8. The normalized spacial score (nSPS) is 20.2. The summed E-state index contributed by atoms with van der Waals surface area (Å²) in [7, 11) is -5.96. The summed E-state index contributed by atoms with van der Waals surface area (Å²) in [5.41, 5.74) is -1.57. The summed E-state index contributed by atoms with van der Waals surface area (Å²) in [4.78, 5) is 73.2. The Hall–Kier alpha value is -4.63. The van der Waals surface area contributed by atoms with Gasteiger partial charge in [-0.15, -0.1) is 0 Å². The Balaban J connectivity index is 1.84. The molecule has 2 atom stereocenters. The van der Waals surface area contributed by atoms with Gasteiger partial charge in [0.1, 0.15) is 21.2 Å². The second kappa shape index (κ2) is 9.78. The number of aromatic carboxylic acids is 4. The van der Waals surface area contributed by atoms with Crippen molar-refractivity contribution >= 4 is 62.3 Å². The van der Waals surface area contributed by atoms with Gasteiger partial charge in [-0.3, -0.25) is 9.59 Å². The Morgan fingerprint density at radius 3 is 1.68 bits per heavy atom. The molecule has 13 heteroatoms. The van der Waals surface area contributed by atoms with Crippen molar-refractivity contribution in [2.75, 3.05) is 0 Å². The number of benzene rings is 2. The topological polar surface area (TPSA) is 193 Å². The Morgan fingerprint density at radius 1 is 0.732 bits per heavy atom. The van der Waals surface area contributed by atoms with Crippen LogP contribution in [0.2, 0.25) is 31.2 Å². The molecule has 1 aliphatic carbocycles. The predicted molar refractivity (Wildman–Crippen MR) is 149 cm³/mol. The summed E-state index contributed by atoms with van der Waals surface area (Å²) in [5.74, 6) is -8.27. The molecule has 2 aromatic carbocycles. The zero-order valence-electron chi connectivity index (χ0n) is 22.4. The Labute approximate surface area is 235 Å². The molecule has 0 radical (unpaired) electrons. The van der Waals surface area contributed by atoms with Crippen LogP contribution < -0.4 is 10.4 Å². The summed E-state index contributed by atoms with van der Waals surface area (Å²) in [6, 6.07) is 7.98. The molecule has 4 N–H and O–H groups in total. The number of carbonyl (C=O) groups is 6. The number of ether oxygens (including phenoxy) is 1. The molecular weight excluding hydrogens is 568 g/mol. The minimum absolute atomic E-state index is 0.356. The number of carboxylic acid groups (broad SMARTS) is 4. The number of carboxylic acids is 4. The van der Waals surface area contributed by atoms with Crippen LogP contribution in [0.25, 0.3) is 0 Å². The lowest BCUT2D eigenvalue weighted by Crippen LogP contribution is -2.58. The van der Waals surface area contributed by atoms with Crippen molar-refractivity contribution in [3.8, 4) is 0 Å². The number of hydrogen-bond donors (Lipinski definition) is 4. The highest BCUT2D eigenvalue weighted by Gasteiger charge is 2.65. The van der Waals surface area contributed by atoms with Gasteiger partial charge in [0.15, 0.2) is 0 Å². The molecule has 1 aliphatic heterocycles. The molecule has 1 heterocycles. The first kappa shape index (κ1) is 29.4. The largest absolute Gasteiger partial charge is 0.478 e. The molecule has 0 saturated carbocycles. The van der Waals surface area contributed by atoms with Crippen molar-refractivity contribution in [2.45, 2.75) is 31.2 Å². The molecule has 0 aromatic heterocycles. The van der Waals surface area contributed by atoms with Crippen LogP contribution in [-0.2, 0) is 14.3 Å². The van der Waals surface area contributed by atoms with E-state index in [1.807, 2.05) is 13.1 Å². The molecule has 4 rings (SSSR count). The molecule has 2 unspecified atom stereocenters. The zero-order valence-corrected chi connectivity index (χ0v) is 24.4. The molecule has 11 nitrogen and oxygen atoms in total. The lowest BCUT2D eigenvalue weighted by Gasteiger charge is -2.42. The summed E-state index contributed by atoms with van der Waals surface area (Å²) in [6.45, 7) is 7.34. The van der Waals surface area contributed by atoms with Crippen molar-refractivity contribution in [3.63, 3.8) is 0 Å². The number of fused-ring (bicyclic) bond motifs is 1. The highest BCUT2D eigenvalue weighted by molar-refractivity contribution is 6.97. The lowest BCUT2D eigenvalue weighted by molar-refractivity contribution is -0.153. The monoisotopic (exact) mass is 594 g/mol. The van der Waals surface area contributed by atoms with Crippen molar-refractivity contribution in [2.24, 2.45) is 5.92 Å². The van der Waals surface area contributed by atoms with Gasteiger partial charge in [0, 0.05) is 0 Å². The third-order valence-corrected chi connectivity index (χ3v) is 16.3. The maximum Gasteiger partial charge on any atom is 0.336 e. The highest BCUT2D eigenvalue weighted by Crippen LogP contribution is 2.55. The number of allylic oxidation sites excluding steroid dienone is 2. The van der Waals surface area contributed by atoms with E-state index in [9.17, 15) is 49.2 Å². The van der Waals surface area contributed by atoms with Gasteiger partial charge in [0.25, 0.3) is 0 Å². The van der Waals surface area contributed by atoms with E-state index in [0.717, 1.165) is 0 Å². The molecule has 0 amide bonds. The van der Waals surface area contributed by atoms with Crippen LogP contribution >= 0.6 is 0 Å². The molecule has 41 heavy (non-hydrogen) atoms. The van der Waals surface area contributed by atoms with Gasteiger partial charge in [-0.05, 0) is 24.3 Å². The Kier molecular flexibility index (Phi) is 7.00. The van der Waals surface area contributed by atoms with Gasteiger partial charge in [-0.25, -0.2) is 19.2 Å². The van der Waals surface area contributed by atoms with Crippen molar-refractivity contribution < 1.29 is 53.9 Å². The fourth-order valence-electron chi connectivity index (χ4n) is 5.65. The van der Waals surface area contributed by atoms with Gasteiger partial charge in [0.05, 0.1) is 28.2 Å². The summed E-state index contributed by atoms with van der Waals surface area (Å²) >= 11 is 0. The van der Waals surface area contributed by atoms with E-state index < -0.39 is 74.0 Å². The van der Waals surface area contributed by atoms with E-state index in [1.165, 1.54) is 30.3 Å². The molecule has 0 spiro atoms. The quantitative estimate of drug-likeness (QED) is 0.199. The Bertz CT molecular complexity index is 1630. The van der Waals surface area contributed by atoms with Crippen LogP contribution in [0.4, 0.5) is 0 Å². The van der Waals surface area contributed by atoms with E-state index >= 15 is 0 Å². The minimum atomic E-state index is -3.19. The van der Waals surface area contributed by atoms with E-state index in [1.54, 1.807) is 37.4 Å². The van der Waals surface area contributed by atoms with Crippen LogP contribution in [0.1, 0.15) is 41.4 Å². The SMILES string of the molecule is C[Si](C)(C1=CC2C(=O)OC(=O)C2([Si](C)(C)c2ccc(C(=O)O)c(C(=O)O)c2)C=C1)c1ccc(C(=O)O)c(C(=O)O)c1. The van der Waals surface area contributed by atoms with E-state index in [0.29, 0.717) is 15.6 Å². The van der Waals surface area contributed by atoms with Crippen molar-refractivity contribution in [3.05, 3.63) is 82.1 Å². The summed E-state index contributed by atoms with van der Waals surface area (Å²) in [5, 5.41) is 38.3. The molecule has 1 saturated heterocycles. The smallest absolute Gasteiger partial charge is 0.336 e. The maximum atomic E-state index is 13.4. The number of cyclic esters (lactones) is 2. The van der Waals surface area contributed by atoms with Gasteiger partial charge in [0.2, 0.25) is 0 Å². The first-order valence-electron chi connectivity index (χ1n) is 12.4. The molecule has 212 valence electrons. The van der Waals surface area contributed by atoms with E-state index in [-0.39, 0.29) is 11.1 Å². The molecule has 1 fully saturated rings. The van der Waals surface area contributed by atoms with Gasteiger partial charge >= 0.3 is 35.8 Å². The Morgan fingerprint density at radius 2 is 1.20 bits per heavy atom. The number of carbonyl (C=O) groups excluding carboxylic acids is 2. The maximum absolute atomic E-state index is 13.4. The van der Waals surface area contributed by atoms with Gasteiger partial charge in [-0.2, -0.15) is 0 Å². The van der Waals surface area contributed by atoms with Crippen molar-refractivity contribution in [1.29, 1.82) is 0 Å².